The molecule has 10 heteroatoms. The van der Waals surface area contributed by atoms with Crippen LogP contribution in [0.25, 0.3) is 0 Å². The van der Waals surface area contributed by atoms with Crippen LogP contribution in [0.5, 0.6) is 11.5 Å². The Bertz CT molecular complexity index is 536. The molecule has 0 aliphatic carbocycles. The van der Waals surface area contributed by atoms with Crippen LogP contribution in [-0.4, -0.2) is 33.2 Å². The summed E-state index contributed by atoms with van der Waals surface area (Å²) in [6.07, 6.45) is -0.560. The van der Waals surface area contributed by atoms with E-state index in [0.29, 0.717) is 11.5 Å². The molecule has 5 nitrogen and oxygen atoms in total. The van der Waals surface area contributed by atoms with E-state index in [1.165, 1.54) is 11.3 Å². The molecule has 19 heavy (non-hydrogen) atoms. The van der Waals surface area contributed by atoms with Crippen molar-refractivity contribution in [3.05, 3.63) is 10.8 Å². The number of ether oxygens (including phenoxy) is 2. The molecule has 1 atom stereocenters. The van der Waals surface area contributed by atoms with Crippen LogP contribution in [0.3, 0.4) is 0 Å². The third-order valence-corrected chi connectivity index (χ3v) is 4.02. The van der Waals surface area contributed by atoms with Crippen molar-refractivity contribution in [3.8, 4) is 11.5 Å². The molecule has 0 N–H and O–H groups in total. The SMILES string of the molecule is O=S(=O)(OCCC1COc2cscc2O1)C(F)(F)F. The van der Waals surface area contributed by atoms with Gasteiger partial charge in [-0.25, -0.2) is 0 Å². The summed E-state index contributed by atoms with van der Waals surface area (Å²) in [6, 6.07) is 0. The molecule has 1 aromatic rings. The van der Waals surface area contributed by atoms with E-state index in [0.717, 1.165) is 0 Å². The van der Waals surface area contributed by atoms with Crippen LogP contribution >= 0.6 is 11.3 Å². The summed E-state index contributed by atoms with van der Waals surface area (Å²) in [6.45, 7) is -0.478. The Morgan fingerprint density at radius 1 is 1.37 bits per heavy atom. The van der Waals surface area contributed by atoms with E-state index in [2.05, 4.69) is 4.18 Å². The zero-order valence-corrected chi connectivity index (χ0v) is 11.0. The van der Waals surface area contributed by atoms with Gasteiger partial charge in [-0.05, 0) is 0 Å². The van der Waals surface area contributed by atoms with E-state index in [1.54, 1.807) is 10.8 Å². The molecule has 0 aromatic carbocycles. The largest absolute Gasteiger partial charge is 0.523 e. The lowest BCUT2D eigenvalue weighted by Crippen LogP contribution is -2.31. The van der Waals surface area contributed by atoms with E-state index in [9.17, 15) is 21.6 Å². The fraction of sp³-hybridized carbons (Fsp3) is 0.556. The molecule has 0 radical (unpaired) electrons. The smallest absolute Gasteiger partial charge is 0.485 e. The minimum Gasteiger partial charge on any atom is -0.485 e. The maximum Gasteiger partial charge on any atom is 0.523 e. The second-order valence-electron chi connectivity index (χ2n) is 3.66. The molecule has 0 amide bonds. The molecular formula is C9H9F3O5S2. The molecular weight excluding hydrogens is 309 g/mol. The molecule has 1 aromatic heterocycles. The predicted molar refractivity (Wildman–Crippen MR) is 59.8 cm³/mol. The first kappa shape index (κ1) is 14.4. The number of alkyl halides is 3. The van der Waals surface area contributed by atoms with Crippen molar-refractivity contribution >= 4 is 21.5 Å². The summed E-state index contributed by atoms with van der Waals surface area (Å²) in [4.78, 5) is 0. The van der Waals surface area contributed by atoms with Crippen LogP contribution in [0.1, 0.15) is 6.42 Å². The molecule has 0 fully saturated rings. The predicted octanol–water partition coefficient (Wildman–Crippen LogP) is 2.14. The molecule has 0 saturated heterocycles. The highest BCUT2D eigenvalue weighted by Crippen LogP contribution is 2.35. The fourth-order valence-electron chi connectivity index (χ4n) is 1.36. The standard InChI is InChI=1S/C9H9F3O5S2/c10-9(11,12)19(13,14)16-2-1-6-3-15-7-4-18-5-8(7)17-6/h4-6H,1-3H2. The fourth-order valence-corrected chi connectivity index (χ4v) is 2.48. The Kier molecular flexibility index (Phi) is 3.92. The molecule has 108 valence electrons. The summed E-state index contributed by atoms with van der Waals surface area (Å²) in [5.41, 5.74) is -5.41. The number of hydrogen-bond acceptors (Lipinski definition) is 6. The molecule has 1 aliphatic rings. The van der Waals surface area contributed by atoms with Crippen molar-refractivity contribution in [1.29, 1.82) is 0 Å². The van der Waals surface area contributed by atoms with Gasteiger partial charge in [-0.2, -0.15) is 21.6 Å². The number of rotatable bonds is 4. The van der Waals surface area contributed by atoms with Gasteiger partial charge in [0.15, 0.2) is 11.5 Å². The number of fused-ring (bicyclic) bond motifs is 1. The molecule has 2 rings (SSSR count). The highest BCUT2D eigenvalue weighted by atomic mass is 32.2. The lowest BCUT2D eigenvalue weighted by molar-refractivity contribution is -0.0549. The summed E-state index contributed by atoms with van der Waals surface area (Å²) >= 11 is 1.36. The molecule has 1 unspecified atom stereocenters. The Labute approximate surface area is 111 Å². The molecule has 0 bridgehead atoms. The zero-order chi connectivity index (χ0) is 14.1. The van der Waals surface area contributed by atoms with Crippen LogP contribution in [0.2, 0.25) is 0 Å². The van der Waals surface area contributed by atoms with Gasteiger partial charge in [-0.15, -0.1) is 11.3 Å². The van der Waals surface area contributed by atoms with Crippen LogP contribution in [0.4, 0.5) is 13.2 Å². The van der Waals surface area contributed by atoms with Gasteiger partial charge < -0.3 is 9.47 Å². The normalized spacial score (nSPS) is 19.4. The third-order valence-electron chi connectivity index (χ3n) is 2.27. The van der Waals surface area contributed by atoms with Crippen molar-refractivity contribution in [2.75, 3.05) is 13.2 Å². The van der Waals surface area contributed by atoms with Crippen molar-refractivity contribution in [3.63, 3.8) is 0 Å². The zero-order valence-electron chi connectivity index (χ0n) is 9.35. The van der Waals surface area contributed by atoms with Crippen molar-refractivity contribution in [1.82, 2.24) is 0 Å². The lowest BCUT2D eigenvalue weighted by Gasteiger charge is -2.24. The van der Waals surface area contributed by atoms with Gasteiger partial charge in [0.05, 0.1) is 6.61 Å². The molecule has 0 spiro atoms. The molecule has 0 saturated carbocycles. The maximum atomic E-state index is 12.0. The Balaban J connectivity index is 1.82. The number of thiophene rings is 1. The van der Waals surface area contributed by atoms with Gasteiger partial charge in [0.2, 0.25) is 0 Å². The first-order valence-electron chi connectivity index (χ1n) is 5.11. The molecule has 2 heterocycles. The van der Waals surface area contributed by atoms with Gasteiger partial charge in [0.25, 0.3) is 0 Å². The highest BCUT2D eigenvalue weighted by Gasteiger charge is 2.47. The van der Waals surface area contributed by atoms with Gasteiger partial charge in [-0.1, -0.05) is 0 Å². The second-order valence-corrected chi connectivity index (χ2v) is 6.01. The Morgan fingerprint density at radius 3 is 2.74 bits per heavy atom. The van der Waals surface area contributed by atoms with Crippen molar-refractivity contribution < 1.29 is 35.2 Å². The van der Waals surface area contributed by atoms with E-state index in [4.69, 9.17) is 9.47 Å². The van der Waals surface area contributed by atoms with Crippen LogP contribution < -0.4 is 9.47 Å². The van der Waals surface area contributed by atoms with E-state index >= 15 is 0 Å². The number of halogens is 3. The monoisotopic (exact) mass is 318 g/mol. The van der Waals surface area contributed by atoms with Crippen molar-refractivity contribution in [2.24, 2.45) is 0 Å². The Morgan fingerprint density at radius 2 is 2.05 bits per heavy atom. The van der Waals surface area contributed by atoms with E-state index in [1.807, 2.05) is 0 Å². The summed E-state index contributed by atoms with van der Waals surface area (Å²) < 4.78 is 71.8. The maximum absolute atomic E-state index is 12.0. The van der Waals surface area contributed by atoms with Crippen LogP contribution in [0, 0.1) is 0 Å². The van der Waals surface area contributed by atoms with E-state index in [-0.39, 0.29) is 13.0 Å². The average molecular weight is 318 g/mol. The topological polar surface area (TPSA) is 61.8 Å². The summed E-state index contributed by atoms with van der Waals surface area (Å²) in [7, 11) is -5.54. The van der Waals surface area contributed by atoms with Gasteiger partial charge >= 0.3 is 15.6 Å². The summed E-state index contributed by atoms with van der Waals surface area (Å²) in [5.74, 6) is 1.07. The highest BCUT2D eigenvalue weighted by molar-refractivity contribution is 7.87. The average Bonchev–Trinajstić information content (AvgIpc) is 2.74. The first-order chi connectivity index (χ1) is 8.79. The Hall–Kier alpha value is -1.00. The van der Waals surface area contributed by atoms with Crippen LogP contribution in [-0.2, 0) is 14.3 Å². The first-order valence-corrected chi connectivity index (χ1v) is 7.46. The van der Waals surface area contributed by atoms with Gasteiger partial charge in [0, 0.05) is 17.2 Å². The quantitative estimate of drug-likeness (QED) is 0.629. The second kappa shape index (κ2) is 5.17. The lowest BCUT2D eigenvalue weighted by atomic mass is 10.2. The third kappa shape index (κ3) is 3.31. The summed E-state index contributed by atoms with van der Waals surface area (Å²) in [5, 5.41) is 3.42. The molecule has 1 aliphatic heterocycles. The number of hydrogen-bond donors (Lipinski definition) is 0. The van der Waals surface area contributed by atoms with Gasteiger partial charge in [0.1, 0.15) is 12.7 Å². The minimum atomic E-state index is -5.54. The van der Waals surface area contributed by atoms with Crippen LogP contribution in [0.15, 0.2) is 10.8 Å². The minimum absolute atomic E-state index is 0.0232. The van der Waals surface area contributed by atoms with Crippen molar-refractivity contribution in [2.45, 2.75) is 18.0 Å². The van der Waals surface area contributed by atoms with E-state index < -0.39 is 28.3 Å². The van der Waals surface area contributed by atoms with Gasteiger partial charge in [-0.3, -0.25) is 4.18 Å².